The van der Waals surface area contributed by atoms with Gasteiger partial charge in [-0.05, 0) is 18.8 Å². The molecule has 0 aliphatic rings. The normalized spacial score (nSPS) is 15.1. The van der Waals surface area contributed by atoms with Gasteiger partial charge in [-0.1, -0.05) is 47.0 Å². The van der Waals surface area contributed by atoms with Gasteiger partial charge in [0.25, 0.3) is 0 Å². The SMILES string of the molecule is CCCC(CCC(C)CC)C(=O)CC. The van der Waals surface area contributed by atoms with E-state index in [1.54, 1.807) is 0 Å². The lowest BCUT2D eigenvalue weighted by Gasteiger charge is -2.16. The van der Waals surface area contributed by atoms with Crippen LogP contribution in [0.1, 0.15) is 66.2 Å². The summed E-state index contributed by atoms with van der Waals surface area (Å²) in [5, 5.41) is 0. The van der Waals surface area contributed by atoms with Crippen molar-refractivity contribution in [1.82, 2.24) is 0 Å². The van der Waals surface area contributed by atoms with E-state index in [0.29, 0.717) is 18.1 Å². The zero-order valence-electron chi connectivity index (χ0n) is 10.3. The number of hydrogen-bond acceptors (Lipinski definition) is 1. The summed E-state index contributed by atoms with van der Waals surface area (Å²) in [5.41, 5.74) is 0. The molecule has 0 aliphatic heterocycles. The van der Waals surface area contributed by atoms with Crippen molar-refractivity contribution in [1.29, 1.82) is 0 Å². The maximum atomic E-state index is 11.6. The summed E-state index contributed by atoms with van der Waals surface area (Å²) in [5.74, 6) is 1.59. The first kappa shape index (κ1) is 13.7. The van der Waals surface area contributed by atoms with Crippen molar-refractivity contribution >= 4 is 5.78 Å². The molecule has 0 saturated heterocycles. The van der Waals surface area contributed by atoms with Gasteiger partial charge in [-0.2, -0.15) is 0 Å². The highest BCUT2D eigenvalue weighted by atomic mass is 16.1. The predicted octanol–water partition coefficient (Wildman–Crippen LogP) is 4.21. The molecule has 0 amide bonds. The molecule has 0 aromatic carbocycles. The van der Waals surface area contributed by atoms with Gasteiger partial charge in [0, 0.05) is 12.3 Å². The maximum Gasteiger partial charge on any atom is 0.135 e. The van der Waals surface area contributed by atoms with Gasteiger partial charge in [-0.15, -0.1) is 0 Å². The molecule has 0 bridgehead atoms. The van der Waals surface area contributed by atoms with E-state index in [1.807, 2.05) is 6.92 Å². The molecule has 0 N–H and O–H groups in total. The summed E-state index contributed by atoms with van der Waals surface area (Å²) in [6.07, 6.45) is 6.49. The van der Waals surface area contributed by atoms with Crippen molar-refractivity contribution in [3.8, 4) is 0 Å². The van der Waals surface area contributed by atoms with Gasteiger partial charge in [-0.3, -0.25) is 4.79 Å². The van der Waals surface area contributed by atoms with E-state index < -0.39 is 0 Å². The number of carbonyl (C=O) groups excluding carboxylic acids is 1. The van der Waals surface area contributed by atoms with E-state index in [4.69, 9.17) is 0 Å². The van der Waals surface area contributed by atoms with Crippen LogP contribution in [0.4, 0.5) is 0 Å². The number of ketones is 1. The smallest absolute Gasteiger partial charge is 0.135 e. The lowest BCUT2D eigenvalue weighted by molar-refractivity contribution is -0.123. The first-order chi connectivity index (χ1) is 6.65. The zero-order valence-corrected chi connectivity index (χ0v) is 10.3. The van der Waals surface area contributed by atoms with E-state index in [1.165, 1.54) is 12.8 Å². The highest BCUT2D eigenvalue weighted by Gasteiger charge is 2.16. The molecule has 0 aliphatic carbocycles. The Morgan fingerprint density at radius 2 is 1.71 bits per heavy atom. The van der Waals surface area contributed by atoms with Gasteiger partial charge in [0.15, 0.2) is 0 Å². The molecule has 14 heavy (non-hydrogen) atoms. The van der Waals surface area contributed by atoms with E-state index >= 15 is 0 Å². The van der Waals surface area contributed by atoms with E-state index in [9.17, 15) is 4.79 Å². The Labute approximate surface area is 89.3 Å². The largest absolute Gasteiger partial charge is 0.299 e. The molecule has 0 fully saturated rings. The second-order valence-corrected chi connectivity index (χ2v) is 4.40. The summed E-state index contributed by atoms with van der Waals surface area (Å²) < 4.78 is 0. The minimum Gasteiger partial charge on any atom is -0.299 e. The third-order valence-electron chi connectivity index (χ3n) is 3.15. The fourth-order valence-electron chi connectivity index (χ4n) is 1.79. The van der Waals surface area contributed by atoms with Crippen LogP contribution in [0.2, 0.25) is 0 Å². The van der Waals surface area contributed by atoms with Crippen LogP contribution >= 0.6 is 0 Å². The Morgan fingerprint density at radius 3 is 2.14 bits per heavy atom. The summed E-state index contributed by atoms with van der Waals surface area (Å²) >= 11 is 0. The highest BCUT2D eigenvalue weighted by molar-refractivity contribution is 5.80. The molecule has 2 atom stereocenters. The quantitative estimate of drug-likeness (QED) is 0.571. The van der Waals surface area contributed by atoms with Crippen LogP contribution in [-0.4, -0.2) is 5.78 Å². The number of Topliss-reactive ketones (excluding diaryl/α,β-unsaturated/α-hetero) is 1. The maximum absolute atomic E-state index is 11.6. The van der Waals surface area contributed by atoms with Crippen molar-refractivity contribution in [2.24, 2.45) is 11.8 Å². The zero-order chi connectivity index (χ0) is 11.0. The first-order valence-electron chi connectivity index (χ1n) is 6.18. The van der Waals surface area contributed by atoms with Crippen LogP contribution in [0.25, 0.3) is 0 Å². The Hall–Kier alpha value is -0.330. The predicted molar refractivity (Wildman–Crippen MR) is 62.4 cm³/mol. The van der Waals surface area contributed by atoms with Gasteiger partial charge in [0.1, 0.15) is 5.78 Å². The van der Waals surface area contributed by atoms with Crippen molar-refractivity contribution in [2.75, 3.05) is 0 Å². The van der Waals surface area contributed by atoms with Gasteiger partial charge >= 0.3 is 0 Å². The Morgan fingerprint density at radius 1 is 1.07 bits per heavy atom. The van der Waals surface area contributed by atoms with Crippen molar-refractivity contribution in [3.63, 3.8) is 0 Å². The summed E-state index contributed by atoms with van der Waals surface area (Å²) in [4.78, 5) is 11.6. The van der Waals surface area contributed by atoms with Crippen LogP contribution in [0, 0.1) is 11.8 Å². The molecule has 84 valence electrons. The van der Waals surface area contributed by atoms with Crippen LogP contribution in [-0.2, 0) is 4.79 Å². The third kappa shape index (κ3) is 5.41. The molecule has 1 nitrogen and oxygen atoms in total. The number of hydrogen-bond donors (Lipinski definition) is 0. The summed E-state index contributed by atoms with van der Waals surface area (Å²) in [6, 6.07) is 0. The molecule has 0 rings (SSSR count). The molecule has 0 heterocycles. The molecule has 0 spiro atoms. The molecular weight excluding hydrogens is 172 g/mol. The van der Waals surface area contributed by atoms with Gasteiger partial charge in [-0.25, -0.2) is 0 Å². The highest BCUT2D eigenvalue weighted by Crippen LogP contribution is 2.20. The molecule has 0 aromatic rings. The number of rotatable bonds is 8. The van der Waals surface area contributed by atoms with E-state index in [0.717, 1.165) is 25.2 Å². The van der Waals surface area contributed by atoms with Crippen LogP contribution < -0.4 is 0 Å². The van der Waals surface area contributed by atoms with Gasteiger partial charge in [0.2, 0.25) is 0 Å². The Balaban J connectivity index is 3.90. The van der Waals surface area contributed by atoms with E-state index in [-0.39, 0.29) is 0 Å². The first-order valence-corrected chi connectivity index (χ1v) is 6.18. The lowest BCUT2D eigenvalue weighted by atomic mass is 9.88. The monoisotopic (exact) mass is 198 g/mol. The average Bonchev–Trinajstić information content (AvgIpc) is 2.22. The van der Waals surface area contributed by atoms with Crippen molar-refractivity contribution < 1.29 is 4.79 Å². The minimum atomic E-state index is 0.346. The molecule has 2 unspecified atom stereocenters. The van der Waals surface area contributed by atoms with Crippen LogP contribution in [0.15, 0.2) is 0 Å². The summed E-state index contributed by atoms with van der Waals surface area (Å²) in [6.45, 7) is 8.65. The van der Waals surface area contributed by atoms with Crippen molar-refractivity contribution in [3.05, 3.63) is 0 Å². The fraction of sp³-hybridized carbons (Fsp3) is 0.923. The molecule has 0 saturated carbocycles. The lowest BCUT2D eigenvalue weighted by Crippen LogP contribution is -2.14. The van der Waals surface area contributed by atoms with Crippen molar-refractivity contribution in [2.45, 2.75) is 66.2 Å². The fourth-order valence-corrected chi connectivity index (χ4v) is 1.79. The molecule has 0 radical (unpaired) electrons. The minimum absolute atomic E-state index is 0.346. The topological polar surface area (TPSA) is 17.1 Å². The number of carbonyl (C=O) groups is 1. The third-order valence-corrected chi connectivity index (χ3v) is 3.15. The Kier molecular flexibility index (Phi) is 7.83. The standard InChI is InChI=1S/C13H26O/c1-5-8-12(13(14)7-3)10-9-11(4)6-2/h11-12H,5-10H2,1-4H3. The molecule has 1 heteroatoms. The second kappa shape index (κ2) is 8.02. The van der Waals surface area contributed by atoms with Gasteiger partial charge in [0.05, 0.1) is 0 Å². The second-order valence-electron chi connectivity index (χ2n) is 4.40. The molecular formula is C13H26O. The van der Waals surface area contributed by atoms with Crippen LogP contribution in [0.3, 0.4) is 0 Å². The average molecular weight is 198 g/mol. The van der Waals surface area contributed by atoms with E-state index in [2.05, 4.69) is 20.8 Å². The van der Waals surface area contributed by atoms with Crippen LogP contribution in [0.5, 0.6) is 0 Å². The molecule has 0 aromatic heterocycles. The van der Waals surface area contributed by atoms with Gasteiger partial charge < -0.3 is 0 Å². The summed E-state index contributed by atoms with van der Waals surface area (Å²) in [7, 11) is 0. The Bertz CT molecular complexity index is 151.